The van der Waals surface area contributed by atoms with E-state index < -0.39 is 11.6 Å². The molecule has 0 fully saturated rings. The third kappa shape index (κ3) is 2.30. The van der Waals surface area contributed by atoms with Crippen LogP contribution in [0.25, 0.3) is 11.3 Å². The molecule has 1 aromatic carbocycles. The summed E-state index contributed by atoms with van der Waals surface area (Å²) in [5.41, 5.74) is 6.24. The number of anilines is 1. The zero-order valence-electron chi connectivity index (χ0n) is 8.95. The van der Waals surface area contributed by atoms with E-state index in [4.69, 9.17) is 10.5 Å². The van der Waals surface area contributed by atoms with E-state index in [1.807, 2.05) is 0 Å². The topological polar surface area (TPSA) is 61.0 Å². The predicted molar refractivity (Wildman–Crippen MR) is 58.3 cm³/mol. The lowest BCUT2D eigenvalue weighted by Crippen LogP contribution is -1.99. The number of benzene rings is 1. The van der Waals surface area contributed by atoms with Crippen LogP contribution >= 0.6 is 0 Å². The first-order valence-electron chi connectivity index (χ1n) is 4.74. The fraction of sp³-hybridized carbons (Fsp3) is 0.0909. The fourth-order valence-corrected chi connectivity index (χ4v) is 1.35. The minimum atomic E-state index is -0.946. The third-order valence-corrected chi connectivity index (χ3v) is 2.14. The van der Waals surface area contributed by atoms with Crippen molar-refractivity contribution in [2.24, 2.45) is 0 Å². The first-order valence-corrected chi connectivity index (χ1v) is 4.74. The Morgan fingerprint density at radius 3 is 2.53 bits per heavy atom. The molecule has 1 heterocycles. The van der Waals surface area contributed by atoms with Gasteiger partial charge in [-0.1, -0.05) is 0 Å². The van der Waals surface area contributed by atoms with Crippen molar-refractivity contribution in [1.82, 2.24) is 9.97 Å². The summed E-state index contributed by atoms with van der Waals surface area (Å²) in [4.78, 5) is 7.71. The van der Waals surface area contributed by atoms with Crippen LogP contribution in [-0.4, -0.2) is 17.1 Å². The molecule has 0 bridgehead atoms. The summed E-state index contributed by atoms with van der Waals surface area (Å²) in [5.74, 6) is -1.59. The number of methoxy groups -OCH3 is 1. The second kappa shape index (κ2) is 4.32. The summed E-state index contributed by atoms with van der Waals surface area (Å²) in [7, 11) is 1.43. The van der Waals surface area contributed by atoms with Crippen molar-refractivity contribution in [1.29, 1.82) is 0 Å². The van der Waals surface area contributed by atoms with Gasteiger partial charge in [-0.25, -0.2) is 13.8 Å². The molecule has 4 nitrogen and oxygen atoms in total. The first-order chi connectivity index (χ1) is 8.10. The van der Waals surface area contributed by atoms with E-state index in [9.17, 15) is 8.78 Å². The summed E-state index contributed by atoms with van der Waals surface area (Å²) in [6.45, 7) is 0. The van der Waals surface area contributed by atoms with Gasteiger partial charge >= 0.3 is 0 Å². The molecular formula is C11H9F2N3O. The molecule has 0 atom stereocenters. The molecule has 2 rings (SSSR count). The molecule has 0 aliphatic rings. The standard InChI is InChI=1S/C11H9F2N3O/c1-17-10-5-9(15-11(14)16-10)6-2-3-7(12)8(13)4-6/h2-5H,1H3,(H2,14,15,16). The Labute approximate surface area is 96.1 Å². The van der Waals surface area contributed by atoms with E-state index in [-0.39, 0.29) is 11.8 Å². The highest BCUT2D eigenvalue weighted by Gasteiger charge is 2.08. The number of ether oxygens (including phenoxy) is 1. The van der Waals surface area contributed by atoms with Gasteiger partial charge in [0.15, 0.2) is 11.6 Å². The Balaban J connectivity index is 2.52. The van der Waals surface area contributed by atoms with Crippen LogP contribution in [-0.2, 0) is 0 Å². The van der Waals surface area contributed by atoms with Crippen molar-refractivity contribution in [2.45, 2.75) is 0 Å². The summed E-state index contributed by atoms with van der Waals surface area (Å²) in [6, 6.07) is 4.95. The highest BCUT2D eigenvalue weighted by Crippen LogP contribution is 2.23. The zero-order valence-corrected chi connectivity index (χ0v) is 8.95. The molecule has 0 radical (unpaired) electrons. The lowest BCUT2D eigenvalue weighted by Gasteiger charge is -2.05. The minimum absolute atomic E-state index is 0.00378. The Bertz CT molecular complexity index is 560. The molecule has 2 aromatic rings. The zero-order chi connectivity index (χ0) is 12.4. The van der Waals surface area contributed by atoms with Crippen molar-refractivity contribution in [3.8, 4) is 17.1 Å². The largest absolute Gasteiger partial charge is 0.481 e. The Hall–Kier alpha value is -2.24. The number of halogens is 2. The van der Waals surface area contributed by atoms with Gasteiger partial charge in [0.05, 0.1) is 12.8 Å². The van der Waals surface area contributed by atoms with Gasteiger partial charge in [-0.3, -0.25) is 0 Å². The van der Waals surface area contributed by atoms with Crippen LogP contribution in [0.2, 0.25) is 0 Å². The second-order valence-electron chi connectivity index (χ2n) is 3.28. The van der Waals surface area contributed by atoms with Gasteiger partial charge in [-0.15, -0.1) is 0 Å². The maximum absolute atomic E-state index is 13.1. The number of nitrogens with zero attached hydrogens (tertiary/aromatic N) is 2. The highest BCUT2D eigenvalue weighted by molar-refractivity contribution is 5.61. The second-order valence-corrected chi connectivity index (χ2v) is 3.28. The van der Waals surface area contributed by atoms with Crippen molar-refractivity contribution in [2.75, 3.05) is 12.8 Å². The quantitative estimate of drug-likeness (QED) is 0.867. The molecule has 0 saturated carbocycles. The highest BCUT2D eigenvalue weighted by atomic mass is 19.2. The van der Waals surface area contributed by atoms with Crippen LogP contribution in [0.15, 0.2) is 24.3 Å². The maximum atomic E-state index is 13.1. The van der Waals surface area contributed by atoms with E-state index in [2.05, 4.69) is 9.97 Å². The van der Waals surface area contributed by atoms with E-state index in [1.165, 1.54) is 19.2 Å². The molecule has 6 heteroatoms. The van der Waals surface area contributed by atoms with Gasteiger partial charge in [-0.2, -0.15) is 4.98 Å². The van der Waals surface area contributed by atoms with E-state index >= 15 is 0 Å². The average Bonchev–Trinajstić information content (AvgIpc) is 2.32. The van der Waals surface area contributed by atoms with Gasteiger partial charge in [0.2, 0.25) is 11.8 Å². The number of nitrogen functional groups attached to an aromatic ring is 1. The van der Waals surface area contributed by atoms with Crippen molar-refractivity contribution in [3.63, 3.8) is 0 Å². The molecule has 17 heavy (non-hydrogen) atoms. The molecule has 88 valence electrons. The Kier molecular flexibility index (Phi) is 2.86. The molecule has 0 amide bonds. The molecule has 2 N–H and O–H groups in total. The van der Waals surface area contributed by atoms with Crippen molar-refractivity contribution in [3.05, 3.63) is 35.9 Å². The average molecular weight is 237 g/mol. The number of aromatic nitrogens is 2. The van der Waals surface area contributed by atoms with Gasteiger partial charge in [0.25, 0.3) is 0 Å². The lowest BCUT2D eigenvalue weighted by molar-refractivity contribution is 0.398. The van der Waals surface area contributed by atoms with E-state index in [0.717, 1.165) is 12.1 Å². The summed E-state index contributed by atoms with van der Waals surface area (Å²) in [6.07, 6.45) is 0. The number of hydrogen-bond acceptors (Lipinski definition) is 4. The smallest absolute Gasteiger partial charge is 0.223 e. The molecule has 0 aliphatic carbocycles. The van der Waals surface area contributed by atoms with Crippen molar-refractivity contribution >= 4 is 5.95 Å². The first kappa shape index (κ1) is 11.3. The number of hydrogen-bond donors (Lipinski definition) is 1. The molecule has 0 aliphatic heterocycles. The SMILES string of the molecule is COc1cc(-c2ccc(F)c(F)c2)nc(N)n1. The number of rotatable bonds is 2. The number of nitrogens with two attached hydrogens (primary N) is 1. The van der Waals surface area contributed by atoms with E-state index in [0.29, 0.717) is 11.3 Å². The van der Waals surface area contributed by atoms with Crippen LogP contribution in [0.5, 0.6) is 5.88 Å². The monoisotopic (exact) mass is 237 g/mol. The van der Waals surface area contributed by atoms with Gasteiger partial charge in [0, 0.05) is 11.6 Å². The van der Waals surface area contributed by atoms with Crippen molar-refractivity contribution < 1.29 is 13.5 Å². The van der Waals surface area contributed by atoms with Gasteiger partial charge in [0.1, 0.15) is 0 Å². The maximum Gasteiger partial charge on any atom is 0.223 e. The Morgan fingerprint density at radius 1 is 1.12 bits per heavy atom. The van der Waals surface area contributed by atoms with Crippen LogP contribution in [0.1, 0.15) is 0 Å². The van der Waals surface area contributed by atoms with Crippen LogP contribution in [0.4, 0.5) is 14.7 Å². The fourth-order valence-electron chi connectivity index (χ4n) is 1.35. The van der Waals surface area contributed by atoms with Gasteiger partial charge < -0.3 is 10.5 Å². The summed E-state index contributed by atoms with van der Waals surface area (Å²) < 4.78 is 30.8. The summed E-state index contributed by atoms with van der Waals surface area (Å²) in [5, 5.41) is 0. The van der Waals surface area contributed by atoms with Crippen LogP contribution in [0, 0.1) is 11.6 Å². The predicted octanol–water partition coefficient (Wildman–Crippen LogP) is 2.01. The molecular weight excluding hydrogens is 228 g/mol. The van der Waals surface area contributed by atoms with Gasteiger partial charge in [-0.05, 0) is 18.2 Å². The molecule has 1 aromatic heterocycles. The Morgan fingerprint density at radius 2 is 1.88 bits per heavy atom. The molecule has 0 spiro atoms. The molecule has 0 saturated heterocycles. The lowest BCUT2D eigenvalue weighted by atomic mass is 10.1. The normalized spacial score (nSPS) is 10.3. The van der Waals surface area contributed by atoms with E-state index in [1.54, 1.807) is 0 Å². The minimum Gasteiger partial charge on any atom is -0.481 e. The third-order valence-electron chi connectivity index (χ3n) is 2.14. The van der Waals surface area contributed by atoms with Crippen LogP contribution < -0.4 is 10.5 Å². The summed E-state index contributed by atoms with van der Waals surface area (Å²) >= 11 is 0. The molecule has 0 unspecified atom stereocenters. The van der Waals surface area contributed by atoms with Crippen LogP contribution in [0.3, 0.4) is 0 Å².